The molecule has 2 rings (SSSR count). The number of carbonyl (C=O) groups is 1. The summed E-state index contributed by atoms with van der Waals surface area (Å²) in [4.78, 5) is 14.1. The zero-order valence-corrected chi connectivity index (χ0v) is 13.7. The third kappa shape index (κ3) is 4.87. The number of hydrogen-bond acceptors (Lipinski definition) is 2. The summed E-state index contributed by atoms with van der Waals surface area (Å²) in [6.45, 7) is 1.85. The van der Waals surface area contributed by atoms with Crippen LogP contribution >= 0.6 is 35.0 Å². The second kappa shape index (κ2) is 8.16. The Kier molecular flexibility index (Phi) is 6.53. The van der Waals surface area contributed by atoms with Crippen LogP contribution in [0.3, 0.4) is 0 Å². The summed E-state index contributed by atoms with van der Waals surface area (Å²) in [5.74, 6) is 1.59. The maximum Gasteiger partial charge on any atom is 0.232 e. The average molecular weight is 332 g/mol. The zero-order chi connectivity index (χ0) is 14.4. The van der Waals surface area contributed by atoms with Crippen molar-refractivity contribution in [1.82, 2.24) is 4.90 Å². The summed E-state index contributed by atoms with van der Waals surface area (Å²) in [7, 11) is 0. The Morgan fingerprint density at radius 2 is 1.80 bits per heavy atom. The first-order valence-electron chi connectivity index (χ1n) is 6.96. The number of hydrogen-bond donors (Lipinski definition) is 0. The molecule has 110 valence electrons. The Labute approximate surface area is 134 Å². The van der Waals surface area contributed by atoms with Gasteiger partial charge in [-0.15, -0.1) is 11.8 Å². The molecule has 1 saturated heterocycles. The number of amides is 1. The highest BCUT2D eigenvalue weighted by Crippen LogP contribution is 2.24. The van der Waals surface area contributed by atoms with Crippen molar-refractivity contribution in [3.63, 3.8) is 0 Å². The molecular weight excluding hydrogens is 313 g/mol. The molecule has 0 aromatic heterocycles. The van der Waals surface area contributed by atoms with Crippen LogP contribution in [0.1, 0.15) is 31.2 Å². The number of rotatable bonds is 4. The first-order chi connectivity index (χ1) is 9.66. The second-order valence-corrected chi connectivity index (χ2v) is 6.84. The van der Waals surface area contributed by atoms with E-state index < -0.39 is 0 Å². The number of likely N-dealkylation sites (tertiary alicyclic amines) is 1. The fourth-order valence-corrected chi connectivity index (χ4v) is 3.49. The Morgan fingerprint density at radius 3 is 2.45 bits per heavy atom. The molecule has 1 amide bonds. The number of halogens is 2. The first kappa shape index (κ1) is 16.0. The molecule has 0 saturated carbocycles. The monoisotopic (exact) mass is 331 g/mol. The number of benzene rings is 1. The van der Waals surface area contributed by atoms with Crippen LogP contribution in [0, 0.1) is 0 Å². The van der Waals surface area contributed by atoms with Gasteiger partial charge >= 0.3 is 0 Å². The molecule has 0 aliphatic carbocycles. The summed E-state index contributed by atoms with van der Waals surface area (Å²) < 4.78 is 0. The second-order valence-electron chi connectivity index (χ2n) is 5.04. The van der Waals surface area contributed by atoms with Gasteiger partial charge in [-0.3, -0.25) is 4.79 Å². The molecule has 20 heavy (non-hydrogen) atoms. The standard InChI is InChI=1S/C15H19Cl2NOS/c16-13-6-5-12(9-14(13)17)10-20-11-15(19)18-7-3-1-2-4-8-18/h5-6,9H,1-4,7-8,10-11H2. The van der Waals surface area contributed by atoms with Gasteiger partial charge < -0.3 is 4.90 Å². The Hall–Kier alpha value is -0.380. The van der Waals surface area contributed by atoms with E-state index in [4.69, 9.17) is 23.2 Å². The first-order valence-corrected chi connectivity index (χ1v) is 8.87. The summed E-state index contributed by atoms with van der Waals surface area (Å²) in [6, 6.07) is 5.63. The topological polar surface area (TPSA) is 20.3 Å². The summed E-state index contributed by atoms with van der Waals surface area (Å²) in [5.41, 5.74) is 1.10. The van der Waals surface area contributed by atoms with Crippen LogP contribution < -0.4 is 0 Å². The predicted octanol–water partition coefficient (Wildman–Crippen LogP) is 4.63. The van der Waals surface area contributed by atoms with Crippen molar-refractivity contribution in [3.8, 4) is 0 Å². The molecular formula is C15H19Cl2NOS. The van der Waals surface area contributed by atoms with E-state index in [1.165, 1.54) is 12.8 Å². The van der Waals surface area contributed by atoms with Gasteiger partial charge in [0.1, 0.15) is 0 Å². The van der Waals surface area contributed by atoms with Crippen LogP contribution in [0.4, 0.5) is 0 Å². The minimum Gasteiger partial charge on any atom is -0.342 e. The average Bonchev–Trinajstić information content (AvgIpc) is 2.71. The number of nitrogens with zero attached hydrogens (tertiary/aromatic N) is 1. The summed E-state index contributed by atoms with van der Waals surface area (Å²) in [6.07, 6.45) is 4.78. The van der Waals surface area contributed by atoms with Gasteiger partial charge in [0.2, 0.25) is 5.91 Å². The largest absolute Gasteiger partial charge is 0.342 e. The third-order valence-electron chi connectivity index (χ3n) is 3.44. The lowest BCUT2D eigenvalue weighted by atomic mass is 10.2. The minimum atomic E-state index is 0.261. The lowest BCUT2D eigenvalue weighted by molar-refractivity contribution is -0.128. The van der Waals surface area contributed by atoms with E-state index in [1.54, 1.807) is 17.8 Å². The van der Waals surface area contributed by atoms with Crippen LogP contribution in [0.15, 0.2) is 18.2 Å². The van der Waals surface area contributed by atoms with E-state index in [-0.39, 0.29) is 5.91 Å². The van der Waals surface area contributed by atoms with Crippen LogP contribution in [0.25, 0.3) is 0 Å². The molecule has 1 aliphatic rings. The van der Waals surface area contributed by atoms with Crippen molar-refractivity contribution < 1.29 is 4.79 Å². The molecule has 1 aromatic carbocycles. The van der Waals surface area contributed by atoms with Gasteiger partial charge in [-0.2, -0.15) is 0 Å². The number of thioether (sulfide) groups is 1. The SMILES string of the molecule is O=C(CSCc1ccc(Cl)c(Cl)c1)N1CCCCCC1. The fourth-order valence-electron chi connectivity index (χ4n) is 2.30. The molecule has 0 unspecified atom stereocenters. The van der Waals surface area contributed by atoms with Gasteiger partial charge in [0.15, 0.2) is 0 Å². The van der Waals surface area contributed by atoms with Gasteiger partial charge in [-0.25, -0.2) is 0 Å². The van der Waals surface area contributed by atoms with Gasteiger partial charge in [-0.05, 0) is 30.5 Å². The molecule has 0 bridgehead atoms. The maximum atomic E-state index is 12.1. The van der Waals surface area contributed by atoms with Gasteiger partial charge in [-0.1, -0.05) is 42.1 Å². The minimum absolute atomic E-state index is 0.261. The van der Waals surface area contributed by atoms with Crippen LogP contribution in [-0.2, 0) is 10.5 Å². The highest BCUT2D eigenvalue weighted by molar-refractivity contribution is 7.99. The molecule has 0 N–H and O–H groups in total. The molecule has 1 aromatic rings. The van der Waals surface area contributed by atoms with Crippen molar-refractivity contribution in [2.75, 3.05) is 18.8 Å². The van der Waals surface area contributed by atoms with Crippen molar-refractivity contribution in [3.05, 3.63) is 33.8 Å². The smallest absolute Gasteiger partial charge is 0.232 e. The molecule has 0 atom stereocenters. The number of carbonyl (C=O) groups excluding carboxylic acids is 1. The summed E-state index contributed by atoms with van der Waals surface area (Å²) in [5, 5.41) is 1.14. The van der Waals surface area contributed by atoms with Crippen LogP contribution in [0.2, 0.25) is 10.0 Å². The predicted molar refractivity (Wildman–Crippen MR) is 87.7 cm³/mol. The molecule has 2 nitrogen and oxygen atoms in total. The lowest BCUT2D eigenvalue weighted by Gasteiger charge is -2.19. The van der Waals surface area contributed by atoms with Gasteiger partial charge in [0.25, 0.3) is 0 Å². The van der Waals surface area contributed by atoms with Crippen molar-refractivity contribution >= 4 is 40.9 Å². The van der Waals surface area contributed by atoms with Crippen molar-refractivity contribution in [2.24, 2.45) is 0 Å². The highest BCUT2D eigenvalue weighted by atomic mass is 35.5. The van der Waals surface area contributed by atoms with Crippen molar-refractivity contribution in [1.29, 1.82) is 0 Å². The molecule has 1 aliphatic heterocycles. The normalized spacial score (nSPS) is 16.0. The van der Waals surface area contributed by atoms with E-state index in [2.05, 4.69) is 0 Å². The van der Waals surface area contributed by atoms with E-state index >= 15 is 0 Å². The van der Waals surface area contributed by atoms with Crippen LogP contribution in [-0.4, -0.2) is 29.6 Å². The highest BCUT2D eigenvalue weighted by Gasteiger charge is 2.15. The molecule has 1 heterocycles. The van der Waals surface area contributed by atoms with Gasteiger partial charge in [0.05, 0.1) is 15.8 Å². The fraction of sp³-hybridized carbons (Fsp3) is 0.533. The van der Waals surface area contributed by atoms with Crippen LogP contribution in [0.5, 0.6) is 0 Å². The molecule has 0 spiro atoms. The quantitative estimate of drug-likeness (QED) is 0.801. The van der Waals surface area contributed by atoms with Gasteiger partial charge in [0, 0.05) is 18.8 Å². The van der Waals surface area contributed by atoms with E-state index in [9.17, 15) is 4.79 Å². The molecule has 5 heteroatoms. The molecule has 1 fully saturated rings. The third-order valence-corrected chi connectivity index (χ3v) is 5.16. The Balaban J connectivity index is 1.76. The van der Waals surface area contributed by atoms with E-state index in [0.29, 0.717) is 15.8 Å². The Bertz CT molecular complexity index is 459. The lowest BCUT2D eigenvalue weighted by Crippen LogP contribution is -2.33. The van der Waals surface area contributed by atoms with E-state index in [1.807, 2.05) is 17.0 Å². The molecule has 0 radical (unpaired) electrons. The Morgan fingerprint density at radius 1 is 1.10 bits per heavy atom. The summed E-state index contributed by atoms with van der Waals surface area (Å²) >= 11 is 13.5. The maximum absolute atomic E-state index is 12.1. The zero-order valence-electron chi connectivity index (χ0n) is 11.4. The van der Waals surface area contributed by atoms with E-state index in [0.717, 1.165) is 37.2 Å². The van der Waals surface area contributed by atoms with Crippen molar-refractivity contribution in [2.45, 2.75) is 31.4 Å².